The molecule has 1 aromatic carbocycles. The van der Waals surface area contributed by atoms with Crippen LogP contribution in [0.25, 0.3) is 0 Å². The molecule has 3 aliphatic heterocycles. The molecular weight excluding hydrogens is 571 g/mol. The molecule has 7 rings (SSSR count). The maximum Gasteiger partial charge on any atom is 0.481 e. The van der Waals surface area contributed by atoms with Gasteiger partial charge < -0.3 is 30.0 Å². The Bertz CT molecular complexity index is 1310. The summed E-state index contributed by atoms with van der Waals surface area (Å²) in [5, 5.41) is 3.21. The third-order valence-electron chi connectivity index (χ3n) is 11.6. The van der Waals surface area contributed by atoms with Crippen molar-refractivity contribution in [2.75, 3.05) is 6.54 Å². The molecule has 2 saturated heterocycles. The predicted octanol–water partition coefficient (Wildman–Crippen LogP) is 4.03. The molecule has 1 aromatic rings. The highest BCUT2D eigenvalue weighted by molar-refractivity contribution is 6.47. The monoisotopic (exact) mass is 622 g/mol. The summed E-state index contributed by atoms with van der Waals surface area (Å²) in [6, 6.07) is 6.29. The van der Waals surface area contributed by atoms with Crippen LogP contribution < -0.4 is 11.1 Å². The quantitative estimate of drug-likeness (QED) is 0.440. The van der Waals surface area contributed by atoms with E-state index in [1.54, 1.807) is 4.90 Å². The van der Waals surface area contributed by atoms with E-state index in [0.717, 1.165) is 30.4 Å². The second kappa shape index (κ2) is 11.6. The molecule has 3 saturated carbocycles. The number of nitrogens with zero attached hydrogens (tertiary/aromatic N) is 2. The lowest BCUT2D eigenvalue weighted by Gasteiger charge is -2.64. The van der Waals surface area contributed by atoms with Crippen molar-refractivity contribution in [1.29, 1.82) is 0 Å². The molecule has 11 heteroatoms. The highest BCUT2D eigenvalue weighted by Crippen LogP contribution is 2.65. The van der Waals surface area contributed by atoms with Crippen molar-refractivity contribution >= 4 is 25.0 Å². The number of likely N-dealkylation sites (tertiary alicyclic amines) is 1. The maximum atomic E-state index is 14.1. The normalized spacial score (nSPS) is 32.8. The van der Waals surface area contributed by atoms with Gasteiger partial charge in [0.2, 0.25) is 11.8 Å². The number of rotatable bonds is 7. The summed E-state index contributed by atoms with van der Waals surface area (Å²) >= 11 is 0. The molecule has 5 fully saturated rings. The molecular formula is C34H51BN4O6. The molecule has 6 aliphatic rings. The first-order chi connectivity index (χ1) is 21.1. The lowest BCUT2D eigenvalue weighted by molar-refractivity contribution is -0.199. The van der Waals surface area contributed by atoms with E-state index in [-0.39, 0.29) is 47.8 Å². The van der Waals surface area contributed by atoms with Crippen LogP contribution >= 0.6 is 0 Å². The van der Waals surface area contributed by atoms with Crippen LogP contribution in [0.2, 0.25) is 0 Å². The van der Waals surface area contributed by atoms with Crippen molar-refractivity contribution in [2.45, 2.75) is 129 Å². The molecule has 2 bridgehead atoms. The highest BCUT2D eigenvalue weighted by atomic mass is 16.7. The molecule has 0 radical (unpaired) electrons. The summed E-state index contributed by atoms with van der Waals surface area (Å²) in [5.74, 6) is 0.0461. The van der Waals surface area contributed by atoms with Gasteiger partial charge >= 0.3 is 13.2 Å². The van der Waals surface area contributed by atoms with Crippen LogP contribution in [0.4, 0.5) is 4.79 Å². The fraction of sp³-hybridized carbons (Fsp3) is 0.735. The summed E-state index contributed by atoms with van der Waals surface area (Å²) in [5.41, 5.74) is 7.93. The molecule has 3 heterocycles. The Morgan fingerprint density at radius 1 is 1.11 bits per heavy atom. The number of nitrogens with one attached hydrogen (secondary N) is 1. The first-order valence-corrected chi connectivity index (χ1v) is 16.9. The average molecular weight is 623 g/mol. The van der Waals surface area contributed by atoms with Crippen molar-refractivity contribution in [2.24, 2.45) is 28.4 Å². The van der Waals surface area contributed by atoms with E-state index in [4.69, 9.17) is 19.8 Å². The van der Waals surface area contributed by atoms with Gasteiger partial charge in [0.15, 0.2) is 0 Å². The number of carbonyl (C=O) groups excluding carboxylic acids is 3. The second-order valence-electron chi connectivity index (χ2n) is 16.0. The van der Waals surface area contributed by atoms with E-state index in [1.165, 1.54) is 4.90 Å². The van der Waals surface area contributed by atoms with Gasteiger partial charge in [-0.1, -0.05) is 72.2 Å². The Morgan fingerprint density at radius 2 is 1.78 bits per heavy atom. The minimum Gasteiger partial charge on any atom is -0.444 e. The smallest absolute Gasteiger partial charge is 0.444 e. The van der Waals surface area contributed by atoms with Crippen LogP contribution in [-0.2, 0) is 36.7 Å². The van der Waals surface area contributed by atoms with Crippen molar-refractivity contribution in [3.05, 3.63) is 35.4 Å². The van der Waals surface area contributed by atoms with Crippen LogP contribution in [0.1, 0.15) is 91.7 Å². The van der Waals surface area contributed by atoms with E-state index in [9.17, 15) is 14.4 Å². The highest BCUT2D eigenvalue weighted by Gasteiger charge is 2.68. The first-order valence-electron chi connectivity index (χ1n) is 16.9. The van der Waals surface area contributed by atoms with Crippen molar-refractivity contribution in [3.8, 4) is 0 Å². The van der Waals surface area contributed by atoms with Gasteiger partial charge in [0.05, 0.1) is 30.2 Å². The summed E-state index contributed by atoms with van der Waals surface area (Å²) in [4.78, 5) is 44.2. The molecule has 3 amide bonds. The molecule has 8 atom stereocenters. The zero-order chi connectivity index (χ0) is 32.5. The number of fused-ring (bicyclic) bond motifs is 1. The van der Waals surface area contributed by atoms with Crippen LogP contribution in [0.3, 0.4) is 0 Å². The minimum atomic E-state index is -0.829. The number of amides is 3. The largest absolute Gasteiger partial charge is 0.481 e. The Balaban J connectivity index is 1.16. The predicted molar refractivity (Wildman–Crippen MR) is 170 cm³/mol. The third-order valence-corrected chi connectivity index (χ3v) is 11.6. The van der Waals surface area contributed by atoms with Crippen LogP contribution in [0, 0.1) is 22.7 Å². The third kappa shape index (κ3) is 5.67. The van der Waals surface area contributed by atoms with Crippen LogP contribution in [0.5, 0.6) is 0 Å². The first kappa shape index (κ1) is 32.3. The lowest BCUT2D eigenvalue weighted by atomic mass is 9.43. The van der Waals surface area contributed by atoms with E-state index in [2.05, 4.69) is 33.0 Å². The minimum absolute atomic E-state index is 0.00499. The topological polar surface area (TPSA) is 123 Å². The number of hydrogen-bond donors (Lipinski definition) is 2. The molecule has 0 aromatic heterocycles. The van der Waals surface area contributed by atoms with E-state index in [1.807, 2.05) is 45.0 Å². The number of ether oxygens (including phenoxy) is 1. The van der Waals surface area contributed by atoms with Gasteiger partial charge in [-0.3, -0.25) is 14.5 Å². The Morgan fingerprint density at radius 3 is 2.38 bits per heavy atom. The zero-order valence-electron chi connectivity index (χ0n) is 28.0. The molecule has 45 heavy (non-hydrogen) atoms. The number of hydrogen-bond acceptors (Lipinski definition) is 7. The second-order valence-corrected chi connectivity index (χ2v) is 16.0. The average Bonchev–Trinajstić information content (AvgIpc) is 3.69. The summed E-state index contributed by atoms with van der Waals surface area (Å²) in [6.45, 7) is 15.7. The van der Waals surface area contributed by atoms with E-state index >= 15 is 0 Å². The summed E-state index contributed by atoms with van der Waals surface area (Å²) in [7, 11) is -0.563. The fourth-order valence-corrected chi connectivity index (χ4v) is 8.54. The van der Waals surface area contributed by atoms with Gasteiger partial charge in [0, 0.05) is 19.5 Å². The van der Waals surface area contributed by atoms with Crippen molar-refractivity contribution in [1.82, 2.24) is 15.1 Å². The van der Waals surface area contributed by atoms with Crippen LogP contribution in [-0.4, -0.2) is 77.2 Å². The van der Waals surface area contributed by atoms with Gasteiger partial charge in [-0.2, -0.15) is 0 Å². The number of carbonyl (C=O) groups is 3. The standard InChI is InChI=1S/C34H51BN4O6/c1-8-11-27(35-44-26-15-22-14-25(33(22,5)6)34(26,7)45-35)37-29(40)24-16-23(19-39(24)30(41)28(36)32(2,3)4)43-31(42)38-17-20-12-9-10-13-21(20)18-38/h9-10,12-13,22-28H,8,11,14-19,36H2,1-7H3,(H,37,40)/t22-,23-,24+,25-,26-,27+,28-,34+/m1/s1. The lowest BCUT2D eigenvalue weighted by Crippen LogP contribution is -2.65. The van der Waals surface area contributed by atoms with Gasteiger partial charge in [-0.15, -0.1) is 0 Å². The zero-order valence-corrected chi connectivity index (χ0v) is 28.0. The molecule has 246 valence electrons. The Kier molecular flexibility index (Phi) is 8.30. The molecule has 3 aliphatic carbocycles. The summed E-state index contributed by atoms with van der Waals surface area (Å²) < 4.78 is 19.2. The Labute approximate surface area is 268 Å². The van der Waals surface area contributed by atoms with Crippen LogP contribution in [0.15, 0.2) is 24.3 Å². The maximum absolute atomic E-state index is 14.1. The summed E-state index contributed by atoms with van der Waals surface area (Å²) in [6.07, 6.45) is 2.74. The number of benzene rings is 1. The SMILES string of the molecule is CCC[C@H](NC(=O)[C@@H]1C[C@@H](OC(=O)N2Cc3ccccc3C2)CN1C(=O)[C@@H](N)C(C)(C)C)B1O[C@@H]2C[C@H]3C[C@H](C3(C)C)[C@]2(C)O1. The number of nitrogens with two attached hydrogens (primary N) is 1. The van der Waals surface area contributed by atoms with Crippen molar-refractivity contribution in [3.63, 3.8) is 0 Å². The van der Waals surface area contributed by atoms with Gasteiger partial charge in [0.1, 0.15) is 12.1 Å². The van der Waals surface area contributed by atoms with Gasteiger partial charge in [-0.25, -0.2) is 4.79 Å². The van der Waals surface area contributed by atoms with E-state index < -0.39 is 36.8 Å². The van der Waals surface area contributed by atoms with Gasteiger partial charge in [-0.05, 0) is 60.0 Å². The molecule has 3 N–H and O–H groups in total. The van der Waals surface area contributed by atoms with Crippen molar-refractivity contribution < 1.29 is 28.4 Å². The molecule has 10 nitrogen and oxygen atoms in total. The Hall–Kier alpha value is -2.63. The molecule has 0 spiro atoms. The molecule has 0 unspecified atom stereocenters. The fourth-order valence-electron chi connectivity index (χ4n) is 8.54. The van der Waals surface area contributed by atoms with Gasteiger partial charge in [0.25, 0.3) is 0 Å². The van der Waals surface area contributed by atoms with E-state index in [0.29, 0.717) is 31.3 Å².